The van der Waals surface area contributed by atoms with Gasteiger partial charge < -0.3 is 14.6 Å². The molecule has 1 saturated heterocycles. The van der Waals surface area contributed by atoms with Crippen molar-refractivity contribution in [2.75, 3.05) is 0 Å². The molecule has 0 unspecified atom stereocenters. The number of hydrogen-bond acceptors (Lipinski definition) is 3. The maximum Gasteiger partial charge on any atom is 0.195 e. The van der Waals surface area contributed by atoms with Crippen LogP contribution >= 0.6 is 0 Å². The first-order chi connectivity index (χ1) is 11.1. The van der Waals surface area contributed by atoms with Crippen LogP contribution in [0.1, 0.15) is 90.9 Å². The minimum Gasteiger partial charge on any atom is -0.387 e. The second-order valence-corrected chi connectivity index (χ2v) is 8.47. The maximum absolute atomic E-state index is 11.1. The van der Waals surface area contributed by atoms with Crippen LogP contribution < -0.4 is 0 Å². The van der Waals surface area contributed by atoms with E-state index in [1.54, 1.807) is 0 Å². The molecule has 3 aliphatic rings. The Morgan fingerprint density at radius 2 is 1.35 bits per heavy atom. The van der Waals surface area contributed by atoms with Gasteiger partial charge >= 0.3 is 0 Å². The fraction of sp³-hybridized carbons (Fsp3) is 1.00. The fourth-order valence-electron chi connectivity index (χ4n) is 5.25. The van der Waals surface area contributed by atoms with Crippen molar-refractivity contribution in [1.82, 2.24) is 0 Å². The molecule has 0 aromatic rings. The largest absolute Gasteiger partial charge is 0.387 e. The zero-order chi connectivity index (χ0) is 16.3. The van der Waals surface area contributed by atoms with Crippen LogP contribution in [-0.4, -0.2) is 29.2 Å². The van der Waals surface area contributed by atoms with Crippen molar-refractivity contribution in [2.45, 2.75) is 115 Å². The summed E-state index contributed by atoms with van der Waals surface area (Å²) in [6.07, 6.45) is 14.7. The average molecular weight is 325 g/mol. The molecule has 23 heavy (non-hydrogen) atoms. The van der Waals surface area contributed by atoms with Crippen LogP contribution in [0.15, 0.2) is 0 Å². The third-order valence-electron chi connectivity index (χ3n) is 6.26. The van der Waals surface area contributed by atoms with Crippen molar-refractivity contribution in [1.29, 1.82) is 0 Å². The van der Waals surface area contributed by atoms with E-state index >= 15 is 0 Å². The van der Waals surface area contributed by atoms with Gasteiger partial charge in [-0.25, -0.2) is 0 Å². The molecule has 1 aliphatic heterocycles. The van der Waals surface area contributed by atoms with Crippen molar-refractivity contribution in [3.63, 3.8) is 0 Å². The van der Waals surface area contributed by atoms with E-state index in [9.17, 15) is 5.11 Å². The van der Waals surface area contributed by atoms with Gasteiger partial charge in [-0.1, -0.05) is 51.4 Å². The van der Waals surface area contributed by atoms with E-state index in [1.807, 2.05) is 0 Å². The van der Waals surface area contributed by atoms with Crippen LogP contribution in [-0.2, 0) is 9.47 Å². The van der Waals surface area contributed by atoms with Crippen molar-refractivity contribution < 1.29 is 14.6 Å². The summed E-state index contributed by atoms with van der Waals surface area (Å²) in [7, 11) is 0. The van der Waals surface area contributed by atoms with Gasteiger partial charge in [0.05, 0.1) is 12.2 Å². The summed E-state index contributed by atoms with van der Waals surface area (Å²) >= 11 is 0. The van der Waals surface area contributed by atoms with Gasteiger partial charge in [0.15, 0.2) is 5.79 Å². The van der Waals surface area contributed by atoms with Crippen LogP contribution in [0.3, 0.4) is 0 Å². The number of fused-ring (bicyclic) bond motifs is 2. The molecule has 1 spiro atoms. The first-order valence-electron chi connectivity index (χ1n) is 10.1. The molecule has 0 aromatic carbocycles. The van der Waals surface area contributed by atoms with E-state index in [2.05, 4.69) is 13.8 Å². The SMILES string of the molecule is C[C@@H]1C[C@@H](C)OC2(C[C@H]3CCCCCCCCC[C@H](C3)[C@@H]2O)O1. The molecule has 2 saturated carbocycles. The monoisotopic (exact) mass is 324 g/mol. The van der Waals surface area contributed by atoms with Crippen LogP contribution in [0.25, 0.3) is 0 Å². The molecule has 0 aromatic heterocycles. The summed E-state index contributed by atoms with van der Waals surface area (Å²) in [5, 5.41) is 11.1. The molecule has 134 valence electrons. The summed E-state index contributed by atoms with van der Waals surface area (Å²) in [4.78, 5) is 0. The van der Waals surface area contributed by atoms with Crippen LogP contribution in [0.4, 0.5) is 0 Å². The topological polar surface area (TPSA) is 38.7 Å². The minimum absolute atomic E-state index is 0.187. The van der Waals surface area contributed by atoms with Crippen molar-refractivity contribution in [3.8, 4) is 0 Å². The molecular formula is C20H36O3. The van der Waals surface area contributed by atoms with Gasteiger partial charge in [0, 0.05) is 6.42 Å². The lowest BCUT2D eigenvalue weighted by Gasteiger charge is -2.52. The molecule has 3 nitrogen and oxygen atoms in total. The Kier molecular flexibility index (Phi) is 6.03. The summed E-state index contributed by atoms with van der Waals surface area (Å²) in [5.74, 6) is 0.278. The molecule has 2 bridgehead atoms. The van der Waals surface area contributed by atoms with Gasteiger partial charge in [0.1, 0.15) is 6.10 Å². The van der Waals surface area contributed by atoms with Gasteiger partial charge in [0.25, 0.3) is 0 Å². The third-order valence-corrected chi connectivity index (χ3v) is 6.26. The second kappa shape index (κ2) is 7.84. The predicted molar refractivity (Wildman–Crippen MR) is 92.2 cm³/mol. The summed E-state index contributed by atoms with van der Waals surface area (Å²) in [6, 6.07) is 0. The molecule has 3 heteroatoms. The second-order valence-electron chi connectivity index (χ2n) is 8.47. The van der Waals surface area contributed by atoms with E-state index < -0.39 is 11.9 Å². The Bertz CT molecular complexity index is 360. The average Bonchev–Trinajstić information content (AvgIpc) is 2.47. The van der Waals surface area contributed by atoms with Gasteiger partial charge in [-0.05, 0) is 44.9 Å². The Morgan fingerprint density at radius 3 is 2.00 bits per heavy atom. The molecule has 1 heterocycles. The quantitative estimate of drug-likeness (QED) is 0.695. The first-order valence-corrected chi connectivity index (χ1v) is 10.1. The van der Waals surface area contributed by atoms with Gasteiger partial charge in [0.2, 0.25) is 0 Å². The Hall–Kier alpha value is -0.120. The van der Waals surface area contributed by atoms with E-state index in [-0.39, 0.29) is 12.2 Å². The molecule has 1 N–H and O–H groups in total. The first kappa shape index (κ1) is 17.7. The molecule has 3 fully saturated rings. The van der Waals surface area contributed by atoms with E-state index in [0.29, 0.717) is 11.8 Å². The molecular weight excluding hydrogens is 288 g/mol. The van der Waals surface area contributed by atoms with Crippen molar-refractivity contribution in [3.05, 3.63) is 0 Å². The number of aliphatic hydroxyl groups is 1. The minimum atomic E-state index is -0.727. The zero-order valence-electron chi connectivity index (χ0n) is 15.1. The van der Waals surface area contributed by atoms with Crippen LogP contribution in [0, 0.1) is 11.8 Å². The standard InChI is InChI=1S/C20H36O3/c1-15-12-16(2)23-20(22-15)14-17-10-8-6-4-3-5-7-9-11-18(13-17)19(20)21/h15-19,21H,3-14H2,1-2H3/t15-,16-,17+,18-,19+/m1/s1. The zero-order valence-corrected chi connectivity index (χ0v) is 15.1. The molecule has 3 rings (SSSR count). The summed E-state index contributed by atoms with van der Waals surface area (Å²) in [5.41, 5.74) is 0. The summed E-state index contributed by atoms with van der Waals surface area (Å²) in [6.45, 7) is 4.26. The van der Waals surface area contributed by atoms with E-state index in [1.165, 1.54) is 57.8 Å². The smallest absolute Gasteiger partial charge is 0.195 e. The Balaban J connectivity index is 1.75. The lowest BCUT2D eigenvalue weighted by atomic mass is 9.71. The third kappa shape index (κ3) is 4.29. The van der Waals surface area contributed by atoms with E-state index in [4.69, 9.17) is 9.47 Å². The highest BCUT2D eigenvalue weighted by Gasteiger charge is 2.53. The highest BCUT2D eigenvalue weighted by atomic mass is 16.7. The Morgan fingerprint density at radius 1 is 0.783 bits per heavy atom. The molecule has 0 radical (unpaired) electrons. The highest BCUT2D eigenvalue weighted by Crippen LogP contribution is 2.47. The van der Waals surface area contributed by atoms with Gasteiger partial charge in [-0.3, -0.25) is 0 Å². The van der Waals surface area contributed by atoms with Crippen molar-refractivity contribution >= 4 is 0 Å². The number of aliphatic hydroxyl groups excluding tert-OH is 1. The number of hydrogen-bond donors (Lipinski definition) is 1. The lowest BCUT2D eigenvalue weighted by molar-refractivity contribution is -0.368. The Labute approximate surface area is 142 Å². The normalized spacial score (nSPS) is 46.8. The lowest BCUT2D eigenvalue weighted by Crippen LogP contribution is -2.60. The molecule has 5 atom stereocenters. The van der Waals surface area contributed by atoms with Gasteiger partial charge in [-0.15, -0.1) is 0 Å². The van der Waals surface area contributed by atoms with E-state index in [0.717, 1.165) is 19.3 Å². The highest BCUT2D eigenvalue weighted by molar-refractivity contribution is 4.96. The van der Waals surface area contributed by atoms with Crippen LogP contribution in [0.5, 0.6) is 0 Å². The molecule has 2 aliphatic carbocycles. The van der Waals surface area contributed by atoms with Crippen molar-refractivity contribution in [2.24, 2.45) is 11.8 Å². The maximum atomic E-state index is 11.1. The van der Waals surface area contributed by atoms with Gasteiger partial charge in [-0.2, -0.15) is 0 Å². The number of ether oxygens (including phenoxy) is 2. The summed E-state index contributed by atoms with van der Waals surface area (Å²) < 4.78 is 12.6. The predicted octanol–water partition coefficient (Wildman–Crippen LogP) is 4.81. The van der Waals surface area contributed by atoms with Crippen LogP contribution in [0.2, 0.25) is 0 Å². The fourth-order valence-corrected chi connectivity index (χ4v) is 5.25. The number of rotatable bonds is 0. The molecule has 0 amide bonds.